The van der Waals surface area contributed by atoms with Crippen LogP contribution in [0.25, 0.3) is 10.9 Å². The van der Waals surface area contributed by atoms with E-state index in [4.69, 9.17) is 5.11 Å². The molecule has 0 fully saturated rings. The summed E-state index contributed by atoms with van der Waals surface area (Å²) in [4.78, 5) is 2.54. The Balaban J connectivity index is 2.73. The smallest absolute Gasteiger partial charge is 0.297 e. The fourth-order valence-electron chi connectivity index (χ4n) is 1.51. The van der Waals surface area contributed by atoms with Crippen molar-refractivity contribution in [1.82, 2.24) is 4.98 Å². The van der Waals surface area contributed by atoms with Crippen molar-refractivity contribution in [3.63, 3.8) is 0 Å². The summed E-state index contributed by atoms with van der Waals surface area (Å²) in [5.41, 5.74) is -0.226. The lowest BCUT2D eigenvalue weighted by atomic mass is 10.1. The van der Waals surface area contributed by atoms with Gasteiger partial charge in [-0.05, 0) is 12.1 Å². The first kappa shape index (κ1) is 10.0. The van der Waals surface area contributed by atoms with Crippen molar-refractivity contribution in [2.75, 3.05) is 6.61 Å². The van der Waals surface area contributed by atoms with Gasteiger partial charge in [0.05, 0.1) is 5.56 Å². The first-order valence-corrected chi connectivity index (χ1v) is 4.31. The minimum atomic E-state index is -3.43. The van der Waals surface area contributed by atoms with Gasteiger partial charge >= 0.3 is 0 Å². The van der Waals surface area contributed by atoms with Crippen LogP contribution in [-0.2, 0) is 5.92 Å². The van der Waals surface area contributed by atoms with Crippen LogP contribution >= 0.6 is 0 Å². The van der Waals surface area contributed by atoms with Crippen LogP contribution in [0.3, 0.4) is 0 Å². The van der Waals surface area contributed by atoms with Gasteiger partial charge in [-0.3, -0.25) is 0 Å². The number of aromatic nitrogens is 1. The lowest BCUT2D eigenvalue weighted by molar-refractivity contribution is -0.0544. The molecule has 15 heavy (non-hydrogen) atoms. The number of rotatable bonds is 2. The fourth-order valence-corrected chi connectivity index (χ4v) is 1.51. The molecule has 0 atom stereocenters. The molecule has 0 unspecified atom stereocenters. The Kier molecular flexibility index (Phi) is 2.19. The molecule has 5 heteroatoms. The summed E-state index contributed by atoms with van der Waals surface area (Å²) in [6, 6.07) is 4.03. The highest BCUT2D eigenvalue weighted by Crippen LogP contribution is 2.34. The molecule has 0 aliphatic carbocycles. The highest BCUT2D eigenvalue weighted by Gasteiger charge is 2.34. The number of hydrogen-bond donors (Lipinski definition) is 2. The lowest BCUT2D eigenvalue weighted by Gasteiger charge is -2.11. The van der Waals surface area contributed by atoms with Crippen LogP contribution in [-0.4, -0.2) is 16.7 Å². The van der Waals surface area contributed by atoms with Gasteiger partial charge in [-0.25, -0.2) is 4.39 Å². The predicted molar refractivity (Wildman–Crippen MR) is 49.2 cm³/mol. The Morgan fingerprint density at radius 2 is 2.07 bits per heavy atom. The number of aliphatic hydroxyl groups is 1. The summed E-state index contributed by atoms with van der Waals surface area (Å²) in [6.07, 6.45) is 1.02. The summed E-state index contributed by atoms with van der Waals surface area (Å²) in [5.74, 6) is -4.16. The number of alkyl halides is 2. The van der Waals surface area contributed by atoms with E-state index in [1.165, 1.54) is 12.1 Å². The molecule has 1 aromatic heterocycles. The van der Waals surface area contributed by atoms with Crippen molar-refractivity contribution < 1.29 is 18.3 Å². The molecular formula is C10H8F3NO. The lowest BCUT2D eigenvalue weighted by Crippen LogP contribution is -2.18. The van der Waals surface area contributed by atoms with Crippen molar-refractivity contribution >= 4 is 10.9 Å². The summed E-state index contributed by atoms with van der Waals surface area (Å²) in [7, 11) is 0. The molecule has 0 spiro atoms. The van der Waals surface area contributed by atoms with Gasteiger partial charge in [-0.15, -0.1) is 0 Å². The summed E-state index contributed by atoms with van der Waals surface area (Å²) in [5, 5.41) is 8.36. The first-order chi connectivity index (χ1) is 7.06. The summed E-state index contributed by atoms with van der Waals surface area (Å²) < 4.78 is 39.7. The molecule has 2 aromatic rings. The normalized spacial score (nSPS) is 12.3. The largest absolute Gasteiger partial charge is 0.390 e. The second kappa shape index (κ2) is 3.27. The fraction of sp³-hybridized carbons (Fsp3) is 0.200. The molecule has 0 aliphatic rings. The maximum absolute atomic E-state index is 13.3. The number of aromatic amines is 1. The van der Waals surface area contributed by atoms with Gasteiger partial charge < -0.3 is 10.1 Å². The van der Waals surface area contributed by atoms with Crippen molar-refractivity contribution in [3.8, 4) is 0 Å². The zero-order valence-corrected chi connectivity index (χ0v) is 7.60. The van der Waals surface area contributed by atoms with Crippen LogP contribution in [0.4, 0.5) is 13.2 Å². The Morgan fingerprint density at radius 3 is 2.73 bits per heavy atom. The number of fused-ring (bicyclic) bond motifs is 1. The van der Waals surface area contributed by atoms with Gasteiger partial charge in [0.1, 0.15) is 12.4 Å². The van der Waals surface area contributed by atoms with Gasteiger partial charge in [0.2, 0.25) is 0 Å². The zero-order valence-electron chi connectivity index (χ0n) is 7.60. The SMILES string of the molecule is OCC(F)(F)c1c[nH]c2cccc(F)c12. The number of benzene rings is 1. The Labute approximate surface area is 83.3 Å². The number of nitrogens with one attached hydrogen (secondary N) is 1. The van der Waals surface area contributed by atoms with Gasteiger partial charge in [-0.1, -0.05) is 6.07 Å². The molecule has 1 heterocycles. The standard InChI is InChI=1S/C10H8F3NO/c11-7-2-1-3-8-9(7)6(4-14-8)10(12,13)5-15/h1-4,14-15H,5H2. The third-order valence-corrected chi connectivity index (χ3v) is 2.25. The Hall–Kier alpha value is -1.49. The van der Waals surface area contributed by atoms with E-state index in [2.05, 4.69) is 4.98 Å². The van der Waals surface area contributed by atoms with Gasteiger partial charge in [-0.2, -0.15) is 8.78 Å². The number of H-pyrrole nitrogens is 1. The van der Waals surface area contributed by atoms with E-state index in [1.54, 1.807) is 0 Å². The molecule has 0 saturated heterocycles. The molecular weight excluding hydrogens is 207 g/mol. The van der Waals surface area contributed by atoms with Crippen LogP contribution < -0.4 is 0 Å². The molecule has 0 radical (unpaired) electrons. The quantitative estimate of drug-likeness (QED) is 0.792. The molecule has 0 saturated carbocycles. The van der Waals surface area contributed by atoms with Gasteiger partial charge in [0, 0.05) is 17.1 Å². The summed E-state index contributed by atoms with van der Waals surface area (Å²) in [6.45, 7) is -1.34. The highest BCUT2D eigenvalue weighted by atomic mass is 19.3. The predicted octanol–water partition coefficient (Wildman–Crippen LogP) is 2.39. The van der Waals surface area contributed by atoms with E-state index in [-0.39, 0.29) is 10.9 Å². The number of halogens is 3. The molecule has 2 N–H and O–H groups in total. The maximum atomic E-state index is 13.3. The second-order valence-corrected chi connectivity index (χ2v) is 3.23. The van der Waals surface area contributed by atoms with E-state index >= 15 is 0 Å². The van der Waals surface area contributed by atoms with Crippen molar-refractivity contribution in [2.45, 2.75) is 5.92 Å². The molecule has 2 nitrogen and oxygen atoms in total. The molecule has 1 aromatic carbocycles. The number of aliphatic hydroxyl groups excluding tert-OH is 1. The molecule has 0 bridgehead atoms. The Morgan fingerprint density at radius 1 is 1.33 bits per heavy atom. The summed E-state index contributed by atoms with van der Waals surface area (Å²) >= 11 is 0. The van der Waals surface area contributed by atoms with Crippen LogP contribution in [0.5, 0.6) is 0 Å². The first-order valence-electron chi connectivity index (χ1n) is 4.31. The van der Waals surface area contributed by atoms with Gasteiger partial charge in [0.25, 0.3) is 5.92 Å². The number of hydrogen-bond acceptors (Lipinski definition) is 1. The zero-order chi connectivity index (χ0) is 11.1. The third kappa shape index (κ3) is 1.48. The van der Waals surface area contributed by atoms with Crippen molar-refractivity contribution in [3.05, 3.63) is 35.8 Å². The van der Waals surface area contributed by atoms with E-state index in [0.717, 1.165) is 12.3 Å². The third-order valence-electron chi connectivity index (χ3n) is 2.25. The molecule has 80 valence electrons. The van der Waals surface area contributed by atoms with Crippen LogP contribution in [0.2, 0.25) is 0 Å². The molecule has 0 amide bonds. The van der Waals surface area contributed by atoms with Crippen LogP contribution in [0.1, 0.15) is 5.56 Å². The van der Waals surface area contributed by atoms with Crippen molar-refractivity contribution in [1.29, 1.82) is 0 Å². The minimum absolute atomic E-state index is 0.170. The average Bonchev–Trinajstić information content (AvgIpc) is 2.63. The second-order valence-electron chi connectivity index (χ2n) is 3.23. The van der Waals surface area contributed by atoms with Crippen molar-refractivity contribution in [2.24, 2.45) is 0 Å². The van der Waals surface area contributed by atoms with Crippen LogP contribution in [0, 0.1) is 5.82 Å². The Bertz CT molecular complexity index is 492. The van der Waals surface area contributed by atoms with Gasteiger partial charge in [0.15, 0.2) is 0 Å². The van der Waals surface area contributed by atoms with Crippen LogP contribution in [0.15, 0.2) is 24.4 Å². The monoisotopic (exact) mass is 215 g/mol. The van der Waals surface area contributed by atoms with E-state index < -0.39 is 23.9 Å². The van der Waals surface area contributed by atoms with E-state index in [1.807, 2.05) is 0 Å². The molecule has 2 rings (SSSR count). The topological polar surface area (TPSA) is 36.0 Å². The minimum Gasteiger partial charge on any atom is -0.390 e. The maximum Gasteiger partial charge on any atom is 0.297 e. The molecule has 0 aliphatic heterocycles. The highest BCUT2D eigenvalue weighted by molar-refractivity contribution is 5.84. The average molecular weight is 215 g/mol. The van der Waals surface area contributed by atoms with E-state index in [0.29, 0.717) is 0 Å². The van der Waals surface area contributed by atoms with E-state index in [9.17, 15) is 13.2 Å².